The van der Waals surface area contributed by atoms with Crippen LogP contribution in [0.4, 0.5) is 0 Å². The molecule has 5 heteroatoms. The second-order valence-electron chi connectivity index (χ2n) is 4.21. The summed E-state index contributed by atoms with van der Waals surface area (Å²) in [6, 6.07) is 6.79. The summed E-state index contributed by atoms with van der Waals surface area (Å²) >= 11 is 0. The van der Waals surface area contributed by atoms with Gasteiger partial charge in [0.2, 0.25) is 0 Å². The van der Waals surface area contributed by atoms with Gasteiger partial charge >= 0.3 is 0 Å². The highest BCUT2D eigenvalue weighted by atomic mass is 32.2. The van der Waals surface area contributed by atoms with Crippen molar-refractivity contribution in [2.75, 3.05) is 19.3 Å². The summed E-state index contributed by atoms with van der Waals surface area (Å²) in [7, 11) is -3.23. The molecule has 1 fully saturated rings. The Bertz CT molecular complexity index is 478. The molecule has 1 radical (unpaired) electrons. The molecule has 1 aliphatic heterocycles. The van der Waals surface area contributed by atoms with E-state index >= 15 is 0 Å². The quantitative estimate of drug-likeness (QED) is 0.815. The van der Waals surface area contributed by atoms with Gasteiger partial charge in [0.15, 0.2) is 9.84 Å². The van der Waals surface area contributed by atoms with Crippen molar-refractivity contribution in [2.45, 2.75) is 23.8 Å². The normalized spacial score (nSPS) is 17.9. The van der Waals surface area contributed by atoms with E-state index in [0.29, 0.717) is 5.75 Å². The molecule has 0 N–H and O–H groups in total. The molecule has 0 saturated carbocycles. The van der Waals surface area contributed by atoms with Gasteiger partial charge in [-0.15, -0.1) is 0 Å². The second kappa shape index (κ2) is 5.06. The lowest BCUT2D eigenvalue weighted by Crippen LogP contribution is -2.30. The highest BCUT2D eigenvalue weighted by Crippen LogP contribution is 2.25. The molecule has 1 aliphatic rings. The molecular formula is C12H16NO3S. The van der Waals surface area contributed by atoms with Crippen molar-refractivity contribution < 1.29 is 13.2 Å². The first-order chi connectivity index (χ1) is 8.07. The van der Waals surface area contributed by atoms with Crippen molar-refractivity contribution in [3.05, 3.63) is 24.3 Å². The smallest absolute Gasteiger partial charge is 0.179 e. The fourth-order valence-electron chi connectivity index (χ4n) is 1.88. The predicted molar refractivity (Wildman–Crippen MR) is 65.1 cm³/mol. The van der Waals surface area contributed by atoms with E-state index in [1.807, 2.05) is 0 Å². The zero-order chi connectivity index (χ0) is 12.3. The Balaban J connectivity index is 2.20. The van der Waals surface area contributed by atoms with E-state index in [1.165, 1.54) is 6.26 Å². The van der Waals surface area contributed by atoms with E-state index in [2.05, 4.69) is 5.32 Å². The van der Waals surface area contributed by atoms with Crippen LogP contribution in [0.1, 0.15) is 12.8 Å². The third-order valence-electron chi connectivity index (χ3n) is 2.76. The fraction of sp³-hybridized carbons (Fsp3) is 0.500. The van der Waals surface area contributed by atoms with Crippen molar-refractivity contribution in [2.24, 2.45) is 0 Å². The Morgan fingerprint density at radius 2 is 1.88 bits per heavy atom. The topological polar surface area (TPSA) is 57.5 Å². The summed E-state index contributed by atoms with van der Waals surface area (Å²) < 4.78 is 29.0. The van der Waals surface area contributed by atoms with Crippen LogP contribution in [-0.2, 0) is 9.84 Å². The molecule has 0 aromatic heterocycles. The third kappa shape index (κ3) is 3.20. The summed E-state index contributed by atoms with van der Waals surface area (Å²) in [5.41, 5.74) is 0. The monoisotopic (exact) mass is 254 g/mol. The van der Waals surface area contributed by atoms with Gasteiger partial charge in [0.1, 0.15) is 16.7 Å². The van der Waals surface area contributed by atoms with Gasteiger partial charge in [-0.3, -0.25) is 0 Å². The van der Waals surface area contributed by atoms with E-state index in [-0.39, 0.29) is 11.0 Å². The minimum absolute atomic E-state index is 0.0791. The average Bonchev–Trinajstić information content (AvgIpc) is 2.30. The van der Waals surface area contributed by atoms with E-state index in [1.54, 1.807) is 24.3 Å². The first-order valence-electron chi connectivity index (χ1n) is 5.66. The van der Waals surface area contributed by atoms with Crippen LogP contribution in [0, 0.1) is 0 Å². The Morgan fingerprint density at radius 1 is 1.24 bits per heavy atom. The van der Waals surface area contributed by atoms with Crippen molar-refractivity contribution in [3.63, 3.8) is 0 Å². The molecular weight excluding hydrogens is 238 g/mol. The second-order valence-corrected chi connectivity index (χ2v) is 6.19. The molecule has 1 heterocycles. The molecule has 0 unspecified atom stereocenters. The highest BCUT2D eigenvalue weighted by Gasteiger charge is 2.19. The van der Waals surface area contributed by atoms with Gasteiger partial charge in [-0.2, -0.15) is 0 Å². The van der Waals surface area contributed by atoms with Crippen LogP contribution in [0.25, 0.3) is 0 Å². The summed E-state index contributed by atoms with van der Waals surface area (Å²) in [4.78, 5) is 0.266. The summed E-state index contributed by atoms with van der Waals surface area (Å²) in [6.45, 7) is 1.59. The lowest BCUT2D eigenvalue weighted by molar-refractivity contribution is 0.157. The predicted octanol–water partition coefficient (Wildman–Crippen LogP) is 1.24. The maximum atomic E-state index is 11.6. The molecule has 0 bridgehead atoms. The SMILES string of the molecule is CS(=O)(=O)c1ccccc1OC1CC[N]CC1. The minimum atomic E-state index is -3.23. The van der Waals surface area contributed by atoms with E-state index in [0.717, 1.165) is 25.9 Å². The van der Waals surface area contributed by atoms with Crippen molar-refractivity contribution >= 4 is 9.84 Å². The Kier molecular flexibility index (Phi) is 3.69. The van der Waals surface area contributed by atoms with Crippen LogP contribution in [0.15, 0.2) is 29.2 Å². The number of piperidine rings is 1. The lowest BCUT2D eigenvalue weighted by atomic mass is 10.1. The van der Waals surface area contributed by atoms with E-state index in [4.69, 9.17) is 4.74 Å². The zero-order valence-corrected chi connectivity index (χ0v) is 10.6. The number of hydrogen-bond acceptors (Lipinski definition) is 3. The summed E-state index contributed by atoms with van der Waals surface area (Å²) in [5.74, 6) is 0.460. The van der Waals surface area contributed by atoms with Gasteiger partial charge in [0.05, 0.1) is 0 Å². The number of para-hydroxylation sites is 1. The molecule has 0 amide bonds. The third-order valence-corrected chi connectivity index (χ3v) is 3.90. The fourth-order valence-corrected chi connectivity index (χ4v) is 2.69. The molecule has 1 aromatic rings. The molecule has 2 rings (SSSR count). The maximum absolute atomic E-state index is 11.6. The molecule has 17 heavy (non-hydrogen) atoms. The van der Waals surface area contributed by atoms with Crippen LogP contribution in [-0.4, -0.2) is 33.9 Å². The molecule has 0 aliphatic carbocycles. The first-order valence-corrected chi connectivity index (χ1v) is 7.55. The first kappa shape index (κ1) is 12.4. The largest absolute Gasteiger partial charge is 0.489 e. The number of sulfone groups is 1. The van der Waals surface area contributed by atoms with Crippen LogP contribution in [0.2, 0.25) is 0 Å². The number of ether oxygens (including phenoxy) is 1. The summed E-state index contributed by atoms with van der Waals surface area (Å²) in [6.07, 6.45) is 3.00. The van der Waals surface area contributed by atoms with Crippen LogP contribution in [0.3, 0.4) is 0 Å². The van der Waals surface area contributed by atoms with Crippen molar-refractivity contribution in [3.8, 4) is 5.75 Å². The van der Waals surface area contributed by atoms with Crippen LogP contribution < -0.4 is 10.1 Å². The van der Waals surface area contributed by atoms with Gasteiger partial charge in [-0.05, 0) is 25.0 Å². The number of hydrogen-bond donors (Lipinski definition) is 0. The van der Waals surface area contributed by atoms with Crippen molar-refractivity contribution in [1.29, 1.82) is 0 Å². The van der Waals surface area contributed by atoms with Gasteiger partial charge in [-0.1, -0.05) is 12.1 Å². The Morgan fingerprint density at radius 3 is 2.53 bits per heavy atom. The van der Waals surface area contributed by atoms with Crippen LogP contribution in [0.5, 0.6) is 5.75 Å². The molecule has 1 aromatic carbocycles. The Labute approximate surface area is 102 Å². The van der Waals surface area contributed by atoms with Gasteiger partial charge in [-0.25, -0.2) is 13.7 Å². The highest BCUT2D eigenvalue weighted by molar-refractivity contribution is 7.90. The maximum Gasteiger partial charge on any atom is 0.179 e. The van der Waals surface area contributed by atoms with E-state index < -0.39 is 9.84 Å². The zero-order valence-electron chi connectivity index (χ0n) is 9.80. The molecule has 0 spiro atoms. The minimum Gasteiger partial charge on any atom is -0.489 e. The number of rotatable bonds is 3. The lowest BCUT2D eigenvalue weighted by Gasteiger charge is -2.23. The van der Waals surface area contributed by atoms with Gasteiger partial charge < -0.3 is 4.74 Å². The Hall–Kier alpha value is -1.07. The molecule has 4 nitrogen and oxygen atoms in total. The molecule has 1 saturated heterocycles. The van der Waals surface area contributed by atoms with Crippen molar-refractivity contribution in [1.82, 2.24) is 5.32 Å². The van der Waals surface area contributed by atoms with E-state index in [9.17, 15) is 8.42 Å². The average molecular weight is 254 g/mol. The van der Waals surface area contributed by atoms with Gasteiger partial charge in [0.25, 0.3) is 0 Å². The van der Waals surface area contributed by atoms with Gasteiger partial charge in [0, 0.05) is 19.3 Å². The standard InChI is InChI=1S/C12H16NO3S/c1-17(14,15)12-5-3-2-4-11(12)16-10-6-8-13-9-7-10/h2-5,10H,6-9H2,1H3. The number of benzene rings is 1. The number of nitrogens with zero attached hydrogens (tertiary/aromatic N) is 1. The van der Waals surface area contributed by atoms with Crippen LogP contribution >= 0.6 is 0 Å². The molecule has 0 atom stereocenters. The summed E-state index contributed by atoms with van der Waals surface area (Å²) in [5, 5.41) is 4.24. The molecule has 93 valence electrons.